The molecule has 0 spiro atoms. The van der Waals surface area contributed by atoms with Crippen molar-refractivity contribution in [2.45, 2.75) is 153 Å². The van der Waals surface area contributed by atoms with Gasteiger partial charge in [-0.1, -0.05) is 82.3 Å². The van der Waals surface area contributed by atoms with Crippen molar-refractivity contribution < 1.29 is 73.2 Å². The molecule has 0 aliphatic carbocycles. The summed E-state index contributed by atoms with van der Waals surface area (Å²) in [7, 11) is 0. The lowest BCUT2D eigenvalue weighted by Gasteiger charge is -2.31. The van der Waals surface area contributed by atoms with E-state index in [1.165, 1.54) is 60.4 Å². The molecule has 1 heterocycles. The quantitative estimate of drug-likeness (QED) is 0.0336. The van der Waals surface area contributed by atoms with Crippen molar-refractivity contribution in [2.75, 3.05) is 6.54 Å². The van der Waals surface area contributed by atoms with Gasteiger partial charge in [0.15, 0.2) is 0 Å². The van der Waals surface area contributed by atoms with Crippen LogP contribution in [0, 0.1) is 11.8 Å². The monoisotopic (exact) mass is 1140 g/mol. The molecule has 82 heavy (non-hydrogen) atoms. The zero-order chi connectivity index (χ0) is 61.0. The Morgan fingerprint density at radius 1 is 0.524 bits per heavy atom. The molecule has 1 aliphatic rings. The summed E-state index contributed by atoms with van der Waals surface area (Å²) in [6.07, 6.45) is -3.10. The fourth-order valence-corrected chi connectivity index (χ4v) is 9.11. The van der Waals surface area contributed by atoms with Gasteiger partial charge >= 0.3 is 5.97 Å². The highest BCUT2D eigenvalue weighted by molar-refractivity contribution is 5.99. The van der Waals surface area contributed by atoms with Gasteiger partial charge in [-0.25, -0.2) is 4.79 Å². The number of amides is 10. The number of carboxylic acids is 1. The van der Waals surface area contributed by atoms with Crippen molar-refractivity contribution >= 4 is 65.0 Å². The van der Waals surface area contributed by atoms with Gasteiger partial charge in [0.25, 0.3) is 0 Å². The topological polar surface area (TPSA) is 434 Å². The fraction of sp³-hybridized carbons (Fsp3) is 0.482. The first kappa shape index (κ1) is 65.9. The highest BCUT2D eigenvalue weighted by Gasteiger charge is 2.41. The number of nitrogens with zero attached hydrogens (tertiary/aromatic N) is 1. The van der Waals surface area contributed by atoms with E-state index in [0.29, 0.717) is 23.1 Å². The van der Waals surface area contributed by atoms with Crippen molar-refractivity contribution in [1.29, 1.82) is 0 Å². The van der Waals surface area contributed by atoms with Gasteiger partial charge in [-0.2, -0.15) is 0 Å². The first-order chi connectivity index (χ1) is 38.6. The third kappa shape index (κ3) is 21.1. The molecule has 0 radical (unpaired) electrons. The number of carbonyl (C=O) groups is 11. The van der Waals surface area contributed by atoms with Gasteiger partial charge in [-0.15, -0.1) is 0 Å². The summed E-state index contributed by atoms with van der Waals surface area (Å²) in [5.41, 5.74) is 18.1. The summed E-state index contributed by atoms with van der Waals surface area (Å²) in [6, 6.07) is 6.34. The SMILES string of the molecule is CC(C)CC(NC(=O)C(N)CC(N)=O)C(=O)NC(Cc1ccc(O)cc1)C(=O)N1CCCC1C(=O)NC(CC(C)C)C(=O)NC(CC(N)=O)C(=O)NC(Cc1ccc(O)cc1)C(=O)NC(C(=O)NC(Cc1ccccc1)C(=O)O)C(C)O. The third-order valence-electron chi connectivity index (χ3n) is 13.3. The van der Waals surface area contributed by atoms with E-state index in [-0.39, 0.29) is 68.4 Å². The molecular formula is C56H77N11O15. The minimum atomic E-state index is -1.80. The van der Waals surface area contributed by atoms with Crippen molar-refractivity contribution in [3.8, 4) is 11.5 Å². The summed E-state index contributed by atoms with van der Waals surface area (Å²) in [5.74, 6) is -11.4. The van der Waals surface area contributed by atoms with Gasteiger partial charge in [-0.05, 0) is 85.4 Å². The molecule has 1 saturated heterocycles. The number of likely N-dealkylation sites (tertiary alicyclic amines) is 1. The highest BCUT2D eigenvalue weighted by atomic mass is 16.4. The number of aliphatic hydroxyl groups excluding tert-OH is 1. The predicted molar refractivity (Wildman–Crippen MR) is 296 cm³/mol. The average Bonchev–Trinajstić information content (AvgIpc) is 4.04. The largest absolute Gasteiger partial charge is 0.508 e. The molecule has 10 amide bonds. The van der Waals surface area contributed by atoms with E-state index >= 15 is 0 Å². The van der Waals surface area contributed by atoms with Crippen LogP contribution in [0.25, 0.3) is 0 Å². The maximum atomic E-state index is 14.7. The zero-order valence-corrected chi connectivity index (χ0v) is 46.5. The molecule has 26 nitrogen and oxygen atoms in total. The number of phenolic OH excluding ortho intramolecular Hbond substituents is 2. The van der Waals surface area contributed by atoms with Gasteiger partial charge in [0, 0.05) is 25.8 Å². The van der Waals surface area contributed by atoms with Gasteiger partial charge in [0.1, 0.15) is 59.8 Å². The number of aliphatic hydroxyl groups is 1. The van der Waals surface area contributed by atoms with Crippen molar-refractivity contribution in [3.05, 3.63) is 95.6 Å². The first-order valence-corrected chi connectivity index (χ1v) is 26.9. The smallest absolute Gasteiger partial charge is 0.326 e. The Morgan fingerprint density at radius 3 is 1.45 bits per heavy atom. The van der Waals surface area contributed by atoms with Crippen LogP contribution in [0.3, 0.4) is 0 Å². The van der Waals surface area contributed by atoms with E-state index < -0.39 is 138 Å². The Hall–Kier alpha value is -8.65. The second-order valence-electron chi connectivity index (χ2n) is 21.3. The second kappa shape index (κ2) is 31.4. The highest BCUT2D eigenvalue weighted by Crippen LogP contribution is 2.22. The number of primary amides is 2. The van der Waals surface area contributed by atoms with Crippen LogP contribution in [0.5, 0.6) is 11.5 Å². The fourth-order valence-electron chi connectivity index (χ4n) is 9.11. The lowest BCUT2D eigenvalue weighted by atomic mass is 9.99. The number of phenols is 2. The van der Waals surface area contributed by atoms with Gasteiger partial charge in [0.05, 0.1) is 25.0 Å². The summed E-state index contributed by atoms with van der Waals surface area (Å²) in [5, 5.41) is 58.1. The first-order valence-electron chi connectivity index (χ1n) is 26.9. The molecule has 0 aromatic heterocycles. The molecule has 3 aromatic carbocycles. The molecular weight excluding hydrogens is 1070 g/mol. The molecule has 446 valence electrons. The molecule has 0 bridgehead atoms. The van der Waals surface area contributed by atoms with Crippen LogP contribution >= 0.6 is 0 Å². The van der Waals surface area contributed by atoms with Crippen LogP contribution in [-0.2, 0) is 72.0 Å². The van der Waals surface area contributed by atoms with Crippen molar-refractivity contribution in [3.63, 3.8) is 0 Å². The Kier molecular flexibility index (Phi) is 25.2. The van der Waals surface area contributed by atoms with Crippen molar-refractivity contribution in [2.24, 2.45) is 29.0 Å². The molecule has 10 unspecified atom stereocenters. The van der Waals surface area contributed by atoms with Gasteiger partial charge in [0.2, 0.25) is 59.1 Å². The van der Waals surface area contributed by atoms with Crippen molar-refractivity contribution in [1.82, 2.24) is 42.1 Å². The number of nitrogens with two attached hydrogens (primary N) is 3. The van der Waals surface area contributed by atoms with Crippen LogP contribution in [0.1, 0.15) is 89.8 Å². The van der Waals surface area contributed by atoms with Crippen LogP contribution in [-0.4, -0.2) is 157 Å². The molecule has 3 aromatic rings. The van der Waals surface area contributed by atoms with Gasteiger partial charge in [-0.3, -0.25) is 47.9 Å². The second-order valence-corrected chi connectivity index (χ2v) is 21.3. The minimum Gasteiger partial charge on any atom is -0.508 e. The van der Waals surface area contributed by atoms with Crippen LogP contribution < -0.4 is 54.4 Å². The molecule has 1 fully saturated rings. The Labute approximate surface area is 474 Å². The third-order valence-corrected chi connectivity index (χ3v) is 13.3. The maximum absolute atomic E-state index is 14.7. The average molecular weight is 1140 g/mol. The van der Waals surface area contributed by atoms with Crippen LogP contribution in [0.4, 0.5) is 0 Å². The maximum Gasteiger partial charge on any atom is 0.326 e. The lowest BCUT2D eigenvalue weighted by Crippen LogP contribution is -2.62. The van der Waals surface area contributed by atoms with E-state index in [2.05, 4.69) is 37.2 Å². The van der Waals surface area contributed by atoms with E-state index in [9.17, 15) is 73.2 Å². The molecule has 1 aliphatic heterocycles. The molecule has 26 heteroatoms. The van der Waals surface area contributed by atoms with Gasteiger partial charge < -0.3 is 79.7 Å². The number of aromatic hydroxyl groups is 2. The number of carbonyl (C=O) groups excluding carboxylic acids is 10. The number of hydrogen-bond donors (Lipinski definition) is 14. The van der Waals surface area contributed by atoms with Crippen LogP contribution in [0.2, 0.25) is 0 Å². The Morgan fingerprint density at radius 2 is 0.951 bits per heavy atom. The Bertz CT molecular complexity index is 2730. The summed E-state index contributed by atoms with van der Waals surface area (Å²) in [4.78, 5) is 150. The van der Waals surface area contributed by atoms with E-state index in [0.717, 1.165) is 0 Å². The number of rotatable bonds is 31. The van der Waals surface area contributed by atoms with Crippen LogP contribution in [0.15, 0.2) is 78.9 Å². The molecule has 10 atom stereocenters. The standard InChI is InChI=1S/C56H77N11O15/c1-29(2)22-38(60-48(73)37(57)27-45(58)71)50(75)64-42(25-34-15-19-36(70)20-16-34)55(80)67-21-9-12-44(67)53(78)63-39(23-30(3)4)49(74)62-41(28-46(59)72)51(76)61-40(24-33-13-17-35(69)18-14-33)52(77)66-47(31(5)68)54(79)65-43(56(81)82)26-32-10-7-6-8-11-32/h6-8,10-11,13-20,29-31,37-44,47,68-70H,9,12,21-28,57H2,1-5H3,(H2,58,71)(H2,59,72)(H,60,73)(H,61,76)(H,62,74)(H,63,78)(H,64,75)(H,65,79)(H,66,77)(H,81,82). The number of hydrogen-bond acceptors (Lipinski definition) is 15. The zero-order valence-electron chi connectivity index (χ0n) is 46.5. The molecule has 0 saturated carbocycles. The normalized spacial score (nSPS) is 16.4. The predicted octanol–water partition coefficient (Wildman–Crippen LogP) is -1.85. The van der Waals surface area contributed by atoms with E-state index in [1.54, 1.807) is 58.0 Å². The summed E-state index contributed by atoms with van der Waals surface area (Å²) >= 11 is 0. The summed E-state index contributed by atoms with van der Waals surface area (Å²) < 4.78 is 0. The van der Waals surface area contributed by atoms with E-state index in [1.807, 2.05) is 0 Å². The summed E-state index contributed by atoms with van der Waals surface area (Å²) in [6.45, 7) is 8.25. The Balaban J connectivity index is 1.58. The lowest BCUT2D eigenvalue weighted by molar-refractivity contribution is -0.143. The van der Waals surface area contributed by atoms with E-state index in [4.69, 9.17) is 17.2 Å². The number of carboxylic acid groups (broad SMARTS) is 1. The number of nitrogens with one attached hydrogen (secondary N) is 7. The molecule has 4 rings (SSSR count). The number of benzene rings is 3. The minimum absolute atomic E-state index is 0.0353. The molecule has 17 N–H and O–H groups in total. The number of aliphatic carboxylic acids is 1.